The summed E-state index contributed by atoms with van der Waals surface area (Å²) in [5.41, 5.74) is 0. The van der Waals surface area contributed by atoms with Crippen LogP contribution in [0.3, 0.4) is 0 Å². The summed E-state index contributed by atoms with van der Waals surface area (Å²) in [6, 6.07) is 7.39. The molecule has 1 atom stereocenters. The first-order chi connectivity index (χ1) is 8.69. The van der Waals surface area contributed by atoms with E-state index in [9.17, 15) is 0 Å². The second-order valence-electron chi connectivity index (χ2n) is 3.96. The highest BCUT2D eigenvalue weighted by Crippen LogP contribution is 2.21. The summed E-state index contributed by atoms with van der Waals surface area (Å²) in [4.78, 5) is 4.19. The molecule has 0 saturated heterocycles. The van der Waals surface area contributed by atoms with E-state index in [1.165, 1.54) is 0 Å². The second kappa shape index (κ2) is 5.89. The van der Waals surface area contributed by atoms with Gasteiger partial charge in [0.05, 0.1) is 11.6 Å². The third-order valence-electron chi connectivity index (χ3n) is 2.49. The SMILES string of the molecule is COCC(Nc1ccc(Cl)cn1)c1ccc(C)o1. The predicted molar refractivity (Wildman–Crippen MR) is 70.9 cm³/mol. The quantitative estimate of drug-likeness (QED) is 0.901. The van der Waals surface area contributed by atoms with Crippen LogP contribution in [0.2, 0.25) is 5.02 Å². The smallest absolute Gasteiger partial charge is 0.128 e. The second-order valence-corrected chi connectivity index (χ2v) is 4.40. The number of hydrogen-bond donors (Lipinski definition) is 1. The average Bonchev–Trinajstić information content (AvgIpc) is 2.78. The molecule has 0 aliphatic rings. The van der Waals surface area contributed by atoms with Gasteiger partial charge in [0.1, 0.15) is 23.4 Å². The van der Waals surface area contributed by atoms with Gasteiger partial charge in [0, 0.05) is 13.3 Å². The summed E-state index contributed by atoms with van der Waals surface area (Å²) in [5.74, 6) is 2.43. The van der Waals surface area contributed by atoms with E-state index < -0.39 is 0 Å². The number of aryl methyl sites for hydroxylation is 1. The molecule has 2 heterocycles. The molecule has 0 fully saturated rings. The van der Waals surface area contributed by atoms with Gasteiger partial charge < -0.3 is 14.5 Å². The molecule has 0 aliphatic carbocycles. The van der Waals surface area contributed by atoms with Crippen molar-refractivity contribution in [2.24, 2.45) is 0 Å². The Bertz CT molecular complexity index is 496. The van der Waals surface area contributed by atoms with Crippen molar-refractivity contribution in [2.75, 3.05) is 19.0 Å². The largest absolute Gasteiger partial charge is 0.464 e. The standard InChI is InChI=1S/C13H15ClN2O2/c1-9-3-5-12(18-9)11(8-17-2)16-13-6-4-10(14)7-15-13/h3-7,11H,8H2,1-2H3,(H,15,16). The van der Waals surface area contributed by atoms with Gasteiger partial charge in [0.2, 0.25) is 0 Å². The number of nitrogens with one attached hydrogen (secondary N) is 1. The number of nitrogens with zero attached hydrogens (tertiary/aromatic N) is 1. The Morgan fingerprint density at radius 3 is 2.78 bits per heavy atom. The molecule has 0 amide bonds. The first-order valence-electron chi connectivity index (χ1n) is 5.62. The maximum atomic E-state index is 5.80. The molecule has 1 N–H and O–H groups in total. The monoisotopic (exact) mass is 266 g/mol. The Hall–Kier alpha value is -1.52. The lowest BCUT2D eigenvalue weighted by Gasteiger charge is -2.16. The zero-order valence-electron chi connectivity index (χ0n) is 10.3. The van der Waals surface area contributed by atoms with Crippen molar-refractivity contribution < 1.29 is 9.15 Å². The fraction of sp³-hybridized carbons (Fsp3) is 0.308. The molecular weight excluding hydrogens is 252 g/mol. The summed E-state index contributed by atoms with van der Waals surface area (Å²) >= 11 is 5.80. The van der Waals surface area contributed by atoms with Crippen LogP contribution in [0.4, 0.5) is 5.82 Å². The molecule has 0 aliphatic heterocycles. The molecule has 0 spiro atoms. The summed E-state index contributed by atoms with van der Waals surface area (Å²) < 4.78 is 10.8. The molecule has 4 nitrogen and oxygen atoms in total. The summed E-state index contributed by atoms with van der Waals surface area (Å²) in [6.45, 7) is 2.41. The van der Waals surface area contributed by atoms with Gasteiger partial charge in [-0.15, -0.1) is 0 Å². The predicted octanol–water partition coefficient (Wildman–Crippen LogP) is 3.44. The highest BCUT2D eigenvalue weighted by molar-refractivity contribution is 6.30. The van der Waals surface area contributed by atoms with E-state index in [-0.39, 0.29) is 6.04 Å². The molecule has 5 heteroatoms. The van der Waals surface area contributed by atoms with Crippen molar-refractivity contribution in [3.05, 3.63) is 47.0 Å². The fourth-order valence-electron chi connectivity index (χ4n) is 1.64. The van der Waals surface area contributed by atoms with Crippen molar-refractivity contribution in [3.63, 3.8) is 0 Å². The fourth-order valence-corrected chi connectivity index (χ4v) is 1.75. The van der Waals surface area contributed by atoms with E-state index in [0.29, 0.717) is 11.6 Å². The van der Waals surface area contributed by atoms with Crippen LogP contribution in [-0.4, -0.2) is 18.7 Å². The van der Waals surface area contributed by atoms with Crippen LogP contribution in [0.5, 0.6) is 0 Å². The average molecular weight is 267 g/mol. The minimum Gasteiger partial charge on any atom is -0.464 e. The van der Waals surface area contributed by atoms with Gasteiger partial charge in [-0.2, -0.15) is 0 Å². The van der Waals surface area contributed by atoms with Crippen LogP contribution < -0.4 is 5.32 Å². The molecular formula is C13H15ClN2O2. The highest BCUT2D eigenvalue weighted by atomic mass is 35.5. The highest BCUT2D eigenvalue weighted by Gasteiger charge is 2.15. The van der Waals surface area contributed by atoms with E-state index in [4.69, 9.17) is 20.8 Å². The van der Waals surface area contributed by atoms with E-state index in [2.05, 4.69) is 10.3 Å². The number of aromatic nitrogens is 1. The number of ether oxygens (including phenoxy) is 1. The van der Waals surface area contributed by atoms with Gasteiger partial charge >= 0.3 is 0 Å². The van der Waals surface area contributed by atoms with Crippen molar-refractivity contribution in [3.8, 4) is 0 Å². The molecule has 18 heavy (non-hydrogen) atoms. The Kier molecular flexibility index (Phi) is 4.23. The maximum absolute atomic E-state index is 5.80. The molecule has 96 valence electrons. The van der Waals surface area contributed by atoms with Crippen LogP contribution in [0, 0.1) is 6.92 Å². The van der Waals surface area contributed by atoms with Crippen LogP contribution in [0.15, 0.2) is 34.9 Å². The topological polar surface area (TPSA) is 47.3 Å². The van der Waals surface area contributed by atoms with E-state index in [0.717, 1.165) is 17.3 Å². The van der Waals surface area contributed by atoms with Crippen LogP contribution in [-0.2, 0) is 4.74 Å². The van der Waals surface area contributed by atoms with Crippen LogP contribution in [0.25, 0.3) is 0 Å². The molecule has 1 unspecified atom stereocenters. The number of halogens is 1. The van der Waals surface area contributed by atoms with Crippen molar-refractivity contribution in [1.82, 2.24) is 4.98 Å². The Morgan fingerprint density at radius 2 is 2.22 bits per heavy atom. The molecule has 2 aromatic rings. The Labute approximate surface area is 111 Å². The van der Waals surface area contributed by atoms with Gasteiger partial charge in [-0.3, -0.25) is 0 Å². The van der Waals surface area contributed by atoms with Gasteiger partial charge in [-0.05, 0) is 31.2 Å². The molecule has 0 radical (unpaired) electrons. The molecule has 0 saturated carbocycles. The van der Waals surface area contributed by atoms with Gasteiger partial charge in [0.15, 0.2) is 0 Å². The number of hydrogen-bond acceptors (Lipinski definition) is 4. The first kappa shape index (κ1) is 12.9. The number of rotatable bonds is 5. The Morgan fingerprint density at radius 1 is 1.39 bits per heavy atom. The molecule has 0 bridgehead atoms. The lowest BCUT2D eigenvalue weighted by atomic mass is 10.2. The van der Waals surface area contributed by atoms with Gasteiger partial charge in [-0.1, -0.05) is 11.6 Å². The zero-order valence-corrected chi connectivity index (χ0v) is 11.1. The van der Waals surface area contributed by atoms with Crippen molar-refractivity contribution in [2.45, 2.75) is 13.0 Å². The maximum Gasteiger partial charge on any atom is 0.128 e. The lowest BCUT2D eigenvalue weighted by Crippen LogP contribution is -2.16. The molecule has 2 rings (SSSR count). The summed E-state index contributed by atoms with van der Waals surface area (Å²) in [7, 11) is 1.65. The van der Waals surface area contributed by atoms with Crippen LogP contribution in [0.1, 0.15) is 17.6 Å². The van der Waals surface area contributed by atoms with Crippen LogP contribution >= 0.6 is 11.6 Å². The number of pyridine rings is 1. The summed E-state index contributed by atoms with van der Waals surface area (Å²) in [5, 5.41) is 3.86. The third kappa shape index (κ3) is 3.24. The number of methoxy groups -OCH3 is 1. The lowest BCUT2D eigenvalue weighted by molar-refractivity contribution is 0.178. The number of anilines is 1. The van der Waals surface area contributed by atoms with Crippen molar-refractivity contribution >= 4 is 17.4 Å². The van der Waals surface area contributed by atoms with E-state index in [1.54, 1.807) is 19.4 Å². The van der Waals surface area contributed by atoms with Crippen molar-refractivity contribution in [1.29, 1.82) is 0 Å². The summed E-state index contributed by atoms with van der Waals surface area (Å²) in [6.07, 6.45) is 1.60. The molecule has 0 aromatic carbocycles. The number of furan rings is 1. The Balaban J connectivity index is 2.13. The van der Waals surface area contributed by atoms with E-state index in [1.807, 2.05) is 25.1 Å². The van der Waals surface area contributed by atoms with Gasteiger partial charge in [-0.25, -0.2) is 4.98 Å². The normalized spacial score (nSPS) is 12.4. The minimum absolute atomic E-state index is 0.0719. The van der Waals surface area contributed by atoms with E-state index >= 15 is 0 Å². The third-order valence-corrected chi connectivity index (χ3v) is 2.71. The zero-order chi connectivity index (χ0) is 13.0. The minimum atomic E-state index is -0.0719. The first-order valence-corrected chi connectivity index (χ1v) is 6.00. The molecule has 2 aromatic heterocycles. The van der Waals surface area contributed by atoms with Gasteiger partial charge in [0.25, 0.3) is 0 Å².